The van der Waals surface area contributed by atoms with E-state index in [1.54, 1.807) is 12.1 Å². The predicted molar refractivity (Wildman–Crippen MR) is 65.9 cm³/mol. The van der Waals surface area contributed by atoms with Crippen LogP contribution in [0.3, 0.4) is 0 Å². The Hall–Kier alpha value is -2.09. The number of H-pyrrole nitrogens is 1. The second-order valence-electron chi connectivity index (χ2n) is 4.05. The van der Waals surface area contributed by atoms with Gasteiger partial charge in [0.2, 0.25) is 0 Å². The van der Waals surface area contributed by atoms with Crippen molar-refractivity contribution in [2.45, 2.75) is 6.92 Å². The summed E-state index contributed by atoms with van der Waals surface area (Å²) in [7, 11) is 0. The zero-order chi connectivity index (χ0) is 11.1. The molecule has 1 heterocycles. The highest BCUT2D eigenvalue weighted by atomic mass is 16.1. The molecule has 78 valence electrons. The predicted octanol–water partition coefficient (Wildman–Crippen LogP) is 2.94. The number of fused-ring (bicyclic) bond motifs is 2. The summed E-state index contributed by atoms with van der Waals surface area (Å²) < 4.78 is 0. The molecule has 3 rings (SSSR count). The number of rotatable bonds is 0. The minimum atomic E-state index is 0.0377. The van der Waals surface area contributed by atoms with Crippen LogP contribution in [0.15, 0.2) is 47.3 Å². The summed E-state index contributed by atoms with van der Waals surface area (Å²) in [4.78, 5) is 14.6. The van der Waals surface area contributed by atoms with Gasteiger partial charge in [-0.15, -0.1) is 0 Å². The van der Waals surface area contributed by atoms with Crippen LogP contribution in [0.2, 0.25) is 0 Å². The normalized spacial score (nSPS) is 11.1. The Morgan fingerprint density at radius 1 is 1.06 bits per heavy atom. The third-order valence-electron chi connectivity index (χ3n) is 2.92. The zero-order valence-electron chi connectivity index (χ0n) is 8.95. The molecule has 2 aliphatic rings. The van der Waals surface area contributed by atoms with Gasteiger partial charge in [0, 0.05) is 22.7 Å². The molecule has 0 aromatic heterocycles. The maximum Gasteiger partial charge on any atom is 0.180 e. The zero-order valence-corrected chi connectivity index (χ0v) is 8.95. The van der Waals surface area contributed by atoms with Crippen molar-refractivity contribution in [2.75, 3.05) is 0 Å². The quantitative estimate of drug-likeness (QED) is 0.567. The van der Waals surface area contributed by atoms with Gasteiger partial charge in [-0.2, -0.15) is 0 Å². The molecule has 16 heavy (non-hydrogen) atoms. The van der Waals surface area contributed by atoms with E-state index in [2.05, 4.69) is 24.0 Å². The molecule has 0 bridgehead atoms. The van der Waals surface area contributed by atoms with Crippen LogP contribution in [0, 0.1) is 6.92 Å². The lowest BCUT2D eigenvalue weighted by atomic mass is 10.0. The number of pyridine rings is 1. The number of aromatic amines is 1. The van der Waals surface area contributed by atoms with E-state index in [9.17, 15) is 4.79 Å². The summed E-state index contributed by atoms with van der Waals surface area (Å²) in [5, 5.41) is 1.20. The Morgan fingerprint density at radius 2 is 1.94 bits per heavy atom. The monoisotopic (exact) mass is 209 g/mol. The van der Waals surface area contributed by atoms with Gasteiger partial charge in [-0.1, -0.05) is 12.1 Å². The van der Waals surface area contributed by atoms with Gasteiger partial charge >= 0.3 is 0 Å². The standard InChI is InChI=1S/C14H11NO/c1-9-3-2-4-13-12(9)7-10-5-6-11(16)8-14(10)15-13/h2-8,15H,1H3. The highest BCUT2D eigenvalue weighted by molar-refractivity contribution is 5.87. The van der Waals surface area contributed by atoms with E-state index in [0.717, 1.165) is 16.8 Å². The second-order valence-corrected chi connectivity index (χ2v) is 4.05. The first-order valence-electron chi connectivity index (χ1n) is 5.26. The number of hydrogen-bond donors (Lipinski definition) is 1. The maximum absolute atomic E-state index is 11.3. The summed E-state index contributed by atoms with van der Waals surface area (Å²) >= 11 is 0. The lowest BCUT2D eigenvalue weighted by Crippen LogP contribution is -1.99. The Kier molecular flexibility index (Phi) is 1.83. The summed E-state index contributed by atoms with van der Waals surface area (Å²) in [6, 6.07) is 13.3. The highest BCUT2D eigenvalue weighted by Gasteiger charge is 2.05. The van der Waals surface area contributed by atoms with Crippen LogP contribution in [0.1, 0.15) is 5.56 Å². The highest BCUT2D eigenvalue weighted by Crippen LogP contribution is 2.25. The number of nitrogens with one attached hydrogen (secondary N) is 1. The lowest BCUT2D eigenvalue weighted by molar-refractivity contribution is 1.36. The van der Waals surface area contributed by atoms with Gasteiger partial charge in [0.15, 0.2) is 5.43 Å². The van der Waals surface area contributed by atoms with Gasteiger partial charge in [0.05, 0.1) is 0 Å². The second kappa shape index (κ2) is 3.20. The fraction of sp³-hybridized carbons (Fsp3) is 0.0714. The van der Waals surface area contributed by atoms with Crippen LogP contribution < -0.4 is 5.43 Å². The molecule has 2 heteroatoms. The molecule has 0 amide bonds. The van der Waals surface area contributed by atoms with Crippen molar-refractivity contribution in [3.63, 3.8) is 0 Å². The average molecular weight is 209 g/mol. The smallest absolute Gasteiger partial charge is 0.180 e. The van der Waals surface area contributed by atoms with Crippen molar-refractivity contribution in [1.29, 1.82) is 0 Å². The first-order valence-corrected chi connectivity index (χ1v) is 5.26. The minimum Gasteiger partial charge on any atom is -0.354 e. The van der Waals surface area contributed by atoms with Crippen LogP contribution in [0.4, 0.5) is 0 Å². The van der Waals surface area contributed by atoms with Crippen molar-refractivity contribution in [1.82, 2.24) is 4.98 Å². The third kappa shape index (κ3) is 1.31. The van der Waals surface area contributed by atoms with Crippen molar-refractivity contribution in [2.24, 2.45) is 0 Å². The minimum absolute atomic E-state index is 0.0377. The summed E-state index contributed by atoms with van der Waals surface area (Å²) in [6.07, 6.45) is 0. The Labute approximate surface area is 92.9 Å². The van der Waals surface area contributed by atoms with Gasteiger partial charge in [-0.25, -0.2) is 0 Å². The van der Waals surface area contributed by atoms with Crippen LogP contribution >= 0.6 is 0 Å². The van der Waals surface area contributed by atoms with E-state index in [4.69, 9.17) is 0 Å². The molecule has 0 fully saturated rings. The van der Waals surface area contributed by atoms with Crippen LogP contribution in [0.25, 0.3) is 22.2 Å². The van der Waals surface area contributed by atoms with Crippen LogP contribution in [-0.4, -0.2) is 4.98 Å². The average Bonchev–Trinajstić information content (AvgIpc) is 2.27. The molecule has 0 radical (unpaired) electrons. The molecule has 0 spiro atoms. The van der Waals surface area contributed by atoms with Gasteiger partial charge in [0.25, 0.3) is 0 Å². The molecule has 0 saturated carbocycles. The first kappa shape index (κ1) is 9.16. The van der Waals surface area contributed by atoms with E-state index in [-0.39, 0.29) is 5.43 Å². The van der Waals surface area contributed by atoms with Crippen LogP contribution in [0.5, 0.6) is 0 Å². The SMILES string of the molecule is Cc1cccc2[nH]c3cc(=O)ccc-3cc12. The first-order chi connectivity index (χ1) is 7.74. The molecular formula is C14H11NO. The van der Waals surface area contributed by atoms with E-state index >= 15 is 0 Å². The molecular weight excluding hydrogens is 198 g/mol. The maximum atomic E-state index is 11.3. The molecule has 2 nitrogen and oxygen atoms in total. The van der Waals surface area contributed by atoms with E-state index in [1.165, 1.54) is 10.9 Å². The largest absolute Gasteiger partial charge is 0.354 e. The molecule has 0 atom stereocenters. The lowest BCUT2D eigenvalue weighted by Gasteiger charge is -2.09. The van der Waals surface area contributed by atoms with E-state index in [1.807, 2.05) is 18.2 Å². The molecule has 1 aliphatic carbocycles. The van der Waals surface area contributed by atoms with E-state index in [0.29, 0.717) is 0 Å². The van der Waals surface area contributed by atoms with Crippen molar-refractivity contribution in [3.05, 3.63) is 58.3 Å². The van der Waals surface area contributed by atoms with Gasteiger partial charge in [-0.3, -0.25) is 4.79 Å². The third-order valence-corrected chi connectivity index (χ3v) is 2.92. The Morgan fingerprint density at radius 3 is 2.81 bits per heavy atom. The number of aryl methyl sites for hydroxylation is 1. The number of hydrogen-bond acceptors (Lipinski definition) is 1. The van der Waals surface area contributed by atoms with Crippen molar-refractivity contribution < 1.29 is 0 Å². The Bertz CT molecular complexity index is 697. The number of aromatic nitrogens is 1. The van der Waals surface area contributed by atoms with Crippen molar-refractivity contribution in [3.8, 4) is 11.3 Å². The fourth-order valence-electron chi connectivity index (χ4n) is 2.05. The van der Waals surface area contributed by atoms with Crippen molar-refractivity contribution >= 4 is 10.9 Å². The molecule has 1 N–H and O–H groups in total. The van der Waals surface area contributed by atoms with E-state index < -0.39 is 0 Å². The molecule has 0 unspecified atom stereocenters. The summed E-state index contributed by atoms with van der Waals surface area (Å²) in [6.45, 7) is 2.09. The van der Waals surface area contributed by atoms with Crippen LogP contribution in [-0.2, 0) is 0 Å². The molecule has 0 saturated heterocycles. The molecule has 1 aromatic carbocycles. The topological polar surface area (TPSA) is 32.9 Å². The Balaban J connectivity index is 2.50. The fourth-order valence-corrected chi connectivity index (χ4v) is 2.05. The molecule has 1 aliphatic heterocycles. The molecule has 1 aromatic rings. The van der Waals surface area contributed by atoms with Gasteiger partial charge in [-0.05, 0) is 42.3 Å². The summed E-state index contributed by atoms with van der Waals surface area (Å²) in [5.41, 5.74) is 4.31. The van der Waals surface area contributed by atoms with Gasteiger partial charge < -0.3 is 4.98 Å². The summed E-state index contributed by atoms with van der Waals surface area (Å²) in [5.74, 6) is 0. The van der Waals surface area contributed by atoms with Gasteiger partial charge in [0.1, 0.15) is 0 Å². The number of benzene rings is 2.